The van der Waals surface area contributed by atoms with Gasteiger partial charge in [0.15, 0.2) is 0 Å². The minimum Gasteiger partial charge on any atom is -0.387 e. The van der Waals surface area contributed by atoms with Crippen molar-refractivity contribution in [2.24, 2.45) is 5.92 Å². The number of rotatable bonds is 6. The van der Waals surface area contributed by atoms with Gasteiger partial charge >= 0.3 is 0 Å². The fourth-order valence-electron chi connectivity index (χ4n) is 1.70. The standard InChI is InChI=1S/C13H21N3O/c1-4-10(5-2)8-16-13(17)11-9-15-7-6-12(11)14-3/h6-7,9-10H,4-5,8H2,1-3H3,(H,14,15)(H,16,17). The molecule has 17 heavy (non-hydrogen) atoms. The van der Waals surface area contributed by atoms with Crippen molar-refractivity contribution in [1.29, 1.82) is 0 Å². The van der Waals surface area contributed by atoms with Crippen molar-refractivity contribution in [3.05, 3.63) is 24.0 Å². The third kappa shape index (κ3) is 3.73. The molecule has 0 saturated carbocycles. The largest absolute Gasteiger partial charge is 0.387 e. The first-order chi connectivity index (χ1) is 8.22. The summed E-state index contributed by atoms with van der Waals surface area (Å²) in [5, 5.41) is 5.95. The van der Waals surface area contributed by atoms with Crippen molar-refractivity contribution in [1.82, 2.24) is 10.3 Å². The monoisotopic (exact) mass is 235 g/mol. The number of hydrogen-bond acceptors (Lipinski definition) is 3. The molecule has 0 spiro atoms. The molecule has 4 nitrogen and oxygen atoms in total. The van der Waals surface area contributed by atoms with Gasteiger partial charge in [-0.3, -0.25) is 9.78 Å². The summed E-state index contributed by atoms with van der Waals surface area (Å²) in [7, 11) is 1.80. The molecular weight excluding hydrogens is 214 g/mol. The van der Waals surface area contributed by atoms with Gasteiger partial charge in [0.1, 0.15) is 0 Å². The van der Waals surface area contributed by atoms with Crippen molar-refractivity contribution in [2.75, 3.05) is 18.9 Å². The average Bonchev–Trinajstić information content (AvgIpc) is 2.39. The van der Waals surface area contributed by atoms with Gasteiger partial charge in [-0.05, 0) is 12.0 Å². The second kappa shape index (κ2) is 6.89. The molecule has 0 saturated heterocycles. The Labute approximate surface area is 103 Å². The van der Waals surface area contributed by atoms with E-state index in [2.05, 4.69) is 29.5 Å². The maximum Gasteiger partial charge on any atom is 0.254 e. The zero-order valence-electron chi connectivity index (χ0n) is 10.8. The molecule has 0 aliphatic rings. The molecule has 0 aromatic carbocycles. The number of amides is 1. The third-order valence-electron chi connectivity index (χ3n) is 3.04. The Bertz CT molecular complexity index is 361. The van der Waals surface area contributed by atoms with Gasteiger partial charge in [-0.15, -0.1) is 0 Å². The Balaban J connectivity index is 2.63. The number of hydrogen-bond donors (Lipinski definition) is 2. The molecule has 0 aliphatic heterocycles. The third-order valence-corrected chi connectivity index (χ3v) is 3.04. The minimum absolute atomic E-state index is 0.0608. The first-order valence-corrected chi connectivity index (χ1v) is 6.12. The number of nitrogens with one attached hydrogen (secondary N) is 2. The normalized spacial score (nSPS) is 10.4. The van der Waals surface area contributed by atoms with E-state index in [1.165, 1.54) is 0 Å². The number of nitrogens with zero attached hydrogens (tertiary/aromatic N) is 1. The summed E-state index contributed by atoms with van der Waals surface area (Å²) in [4.78, 5) is 16.0. The Hall–Kier alpha value is -1.58. The van der Waals surface area contributed by atoms with Gasteiger partial charge in [0.05, 0.1) is 5.56 Å². The van der Waals surface area contributed by atoms with Crippen molar-refractivity contribution in [2.45, 2.75) is 26.7 Å². The van der Waals surface area contributed by atoms with Crippen LogP contribution in [0.25, 0.3) is 0 Å². The zero-order chi connectivity index (χ0) is 12.7. The van der Waals surface area contributed by atoms with E-state index >= 15 is 0 Å². The Morgan fingerprint density at radius 3 is 2.71 bits per heavy atom. The number of pyridine rings is 1. The Morgan fingerprint density at radius 1 is 1.41 bits per heavy atom. The van der Waals surface area contributed by atoms with Gasteiger partial charge in [-0.25, -0.2) is 0 Å². The van der Waals surface area contributed by atoms with Crippen LogP contribution in [0, 0.1) is 5.92 Å². The molecule has 94 valence electrons. The molecule has 1 heterocycles. The lowest BCUT2D eigenvalue weighted by atomic mass is 10.0. The fraction of sp³-hybridized carbons (Fsp3) is 0.538. The maximum atomic E-state index is 12.0. The van der Waals surface area contributed by atoms with Gasteiger partial charge in [-0.1, -0.05) is 26.7 Å². The number of aromatic nitrogens is 1. The molecule has 1 aromatic rings. The highest BCUT2D eigenvalue weighted by Gasteiger charge is 2.12. The molecule has 1 aromatic heterocycles. The van der Waals surface area contributed by atoms with E-state index in [9.17, 15) is 4.79 Å². The highest BCUT2D eigenvalue weighted by molar-refractivity contribution is 5.99. The summed E-state index contributed by atoms with van der Waals surface area (Å²) in [6.45, 7) is 5.01. The quantitative estimate of drug-likeness (QED) is 0.795. The van der Waals surface area contributed by atoms with E-state index in [0.29, 0.717) is 11.5 Å². The number of carbonyl (C=O) groups is 1. The van der Waals surface area contributed by atoms with Crippen LogP contribution in [0.4, 0.5) is 5.69 Å². The van der Waals surface area contributed by atoms with E-state index in [0.717, 1.165) is 25.1 Å². The molecule has 0 bridgehead atoms. The SMILES string of the molecule is CCC(CC)CNC(=O)c1cnccc1NC. The summed E-state index contributed by atoms with van der Waals surface area (Å²) < 4.78 is 0. The van der Waals surface area contributed by atoms with Crippen LogP contribution >= 0.6 is 0 Å². The summed E-state index contributed by atoms with van der Waals surface area (Å²) in [5.41, 5.74) is 1.41. The van der Waals surface area contributed by atoms with E-state index in [1.54, 1.807) is 25.5 Å². The first-order valence-electron chi connectivity index (χ1n) is 6.12. The summed E-state index contributed by atoms with van der Waals surface area (Å²) in [6, 6.07) is 1.80. The van der Waals surface area contributed by atoms with Crippen molar-refractivity contribution >= 4 is 11.6 Å². The molecule has 0 radical (unpaired) electrons. The Kier molecular flexibility index (Phi) is 5.46. The maximum absolute atomic E-state index is 12.0. The average molecular weight is 235 g/mol. The topological polar surface area (TPSA) is 54.0 Å². The molecule has 0 fully saturated rings. The van der Waals surface area contributed by atoms with Gasteiger partial charge in [0.2, 0.25) is 0 Å². The molecule has 4 heteroatoms. The van der Waals surface area contributed by atoms with Crippen molar-refractivity contribution < 1.29 is 4.79 Å². The molecule has 0 unspecified atom stereocenters. The van der Waals surface area contributed by atoms with Crippen LogP contribution in [0.3, 0.4) is 0 Å². The van der Waals surface area contributed by atoms with Crippen LogP contribution in [-0.4, -0.2) is 24.5 Å². The molecule has 0 atom stereocenters. The molecule has 0 aliphatic carbocycles. The lowest BCUT2D eigenvalue weighted by molar-refractivity contribution is 0.0947. The van der Waals surface area contributed by atoms with E-state index < -0.39 is 0 Å². The molecular formula is C13H21N3O. The van der Waals surface area contributed by atoms with Gasteiger partial charge in [0.25, 0.3) is 5.91 Å². The molecule has 1 rings (SSSR count). The van der Waals surface area contributed by atoms with Crippen LogP contribution in [0.2, 0.25) is 0 Å². The second-order valence-electron chi connectivity index (χ2n) is 4.06. The molecule has 1 amide bonds. The van der Waals surface area contributed by atoms with Crippen LogP contribution in [0.1, 0.15) is 37.0 Å². The van der Waals surface area contributed by atoms with Gasteiger partial charge in [-0.2, -0.15) is 0 Å². The molecule has 2 N–H and O–H groups in total. The lowest BCUT2D eigenvalue weighted by Crippen LogP contribution is -2.29. The smallest absolute Gasteiger partial charge is 0.254 e. The highest BCUT2D eigenvalue weighted by Crippen LogP contribution is 2.13. The number of anilines is 1. The minimum atomic E-state index is -0.0608. The predicted molar refractivity (Wildman–Crippen MR) is 70.2 cm³/mol. The van der Waals surface area contributed by atoms with Crippen molar-refractivity contribution in [3.63, 3.8) is 0 Å². The second-order valence-corrected chi connectivity index (χ2v) is 4.06. The van der Waals surface area contributed by atoms with Gasteiger partial charge < -0.3 is 10.6 Å². The summed E-state index contributed by atoms with van der Waals surface area (Å²) in [5.74, 6) is 0.489. The van der Waals surface area contributed by atoms with E-state index in [-0.39, 0.29) is 5.91 Å². The highest BCUT2D eigenvalue weighted by atomic mass is 16.1. The van der Waals surface area contributed by atoms with Crippen LogP contribution in [-0.2, 0) is 0 Å². The van der Waals surface area contributed by atoms with Gasteiger partial charge in [0, 0.05) is 31.7 Å². The van der Waals surface area contributed by atoms with Crippen LogP contribution in [0.15, 0.2) is 18.5 Å². The fourth-order valence-corrected chi connectivity index (χ4v) is 1.70. The van der Waals surface area contributed by atoms with Crippen molar-refractivity contribution in [3.8, 4) is 0 Å². The summed E-state index contributed by atoms with van der Waals surface area (Å²) >= 11 is 0. The first kappa shape index (κ1) is 13.5. The zero-order valence-corrected chi connectivity index (χ0v) is 10.8. The summed E-state index contributed by atoms with van der Waals surface area (Å²) in [6.07, 6.45) is 5.43. The predicted octanol–water partition coefficient (Wildman–Crippen LogP) is 2.29. The number of carbonyl (C=O) groups excluding carboxylic acids is 1. The van der Waals surface area contributed by atoms with E-state index in [1.807, 2.05) is 0 Å². The van der Waals surface area contributed by atoms with Crippen LogP contribution < -0.4 is 10.6 Å². The lowest BCUT2D eigenvalue weighted by Gasteiger charge is -2.14. The Morgan fingerprint density at radius 2 is 2.12 bits per heavy atom. The van der Waals surface area contributed by atoms with Crippen LogP contribution in [0.5, 0.6) is 0 Å². The van der Waals surface area contributed by atoms with E-state index in [4.69, 9.17) is 0 Å².